The number of nitro groups is 1. The minimum Gasteiger partial charge on any atom is -0.477 e. The molecule has 7 nitrogen and oxygen atoms in total. The summed E-state index contributed by atoms with van der Waals surface area (Å²) in [5, 5.41) is 19.7. The monoisotopic (exact) mass is 235 g/mol. The van der Waals surface area contributed by atoms with Gasteiger partial charge in [-0.3, -0.25) is 14.5 Å². The Morgan fingerprint density at radius 1 is 1.59 bits per heavy atom. The van der Waals surface area contributed by atoms with E-state index >= 15 is 0 Å². The number of aromatic carboxylic acids is 1. The fourth-order valence-electron chi connectivity index (χ4n) is 1.66. The molecule has 0 aliphatic rings. The van der Waals surface area contributed by atoms with Gasteiger partial charge in [0.05, 0.1) is 16.8 Å². The molecule has 2 rings (SSSR count). The normalized spacial score (nSPS) is 10.6. The van der Waals surface area contributed by atoms with Crippen LogP contribution in [0.1, 0.15) is 23.1 Å². The van der Waals surface area contributed by atoms with Crippen LogP contribution in [-0.2, 0) is 6.42 Å². The maximum absolute atomic E-state index is 11.1. The van der Waals surface area contributed by atoms with Crippen molar-refractivity contribution >= 4 is 17.3 Å². The SMILES string of the molecule is CCc1nc2ccc([N+](=O)[O-])cn2c1C(=O)O. The number of carboxylic acids is 1. The Balaban J connectivity index is 2.78. The molecule has 0 spiro atoms. The first-order chi connectivity index (χ1) is 8.04. The van der Waals surface area contributed by atoms with Crippen LogP contribution in [0, 0.1) is 10.1 Å². The molecule has 2 heterocycles. The Labute approximate surface area is 95.5 Å². The lowest BCUT2D eigenvalue weighted by Gasteiger charge is -1.97. The van der Waals surface area contributed by atoms with Gasteiger partial charge in [0.15, 0.2) is 5.69 Å². The summed E-state index contributed by atoms with van der Waals surface area (Å²) < 4.78 is 1.24. The predicted molar refractivity (Wildman–Crippen MR) is 58.2 cm³/mol. The van der Waals surface area contributed by atoms with Gasteiger partial charge >= 0.3 is 5.97 Å². The van der Waals surface area contributed by atoms with Crippen LogP contribution in [0.3, 0.4) is 0 Å². The summed E-state index contributed by atoms with van der Waals surface area (Å²) in [6, 6.07) is 2.73. The van der Waals surface area contributed by atoms with E-state index in [1.807, 2.05) is 0 Å². The van der Waals surface area contributed by atoms with Crippen LogP contribution < -0.4 is 0 Å². The van der Waals surface area contributed by atoms with E-state index in [0.717, 1.165) is 0 Å². The number of carboxylic acid groups (broad SMARTS) is 1. The number of pyridine rings is 1. The number of rotatable bonds is 3. The van der Waals surface area contributed by atoms with Crippen molar-refractivity contribution < 1.29 is 14.8 Å². The zero-order chi connectivity index (χ0) is 12.6. The van der Waals surface area contributed by atoms with Crippen molar-refractivity contribution in [3.63, 3.8) is 0 Å². The second-order valence-electron chi connectivity index (χ2n) is 3.44. The molecule has 17 heavy (non-hydrogen) atoms. The van der Waals surface area contributed by atoms with Crippen molar-refractivity contribution in [2.24, 2.45) is 0 Å². The number of nitrogens with zero attached hydrogens (tertiary/aromatic N) is 3. The molecule has 0 radical (unpaired) electrons. The summed E-state index contributed by atoms with van der Waals surface area (Å²) in [4.78, 5) is 25.3. The van der Waals surface area contributed by atoms with Crippen molar-refractivity contribution in [2.75, 3.05) is 0 Å². The van der Waals surface area contributed by atoms with Gasteiger partial charge in [0.2, 0.25) is 0 Å². The Bertz CT molecular complexity index is 617. The van der Waals surface area contributed by atoms with Crippen molar-refractivity contribution in [2.45, 2.75) is 13.3 Å². The standard InChI is InChI=1S/C10H9N3O4/c1-2-7-9(10(14)15)12-5-6(13(16)17)3-4-8(12)11-7/h3-5H,2H2,1H3,(H,14,15). The number of aryl methyl sites for hydroxylation is 1. The first kappa shape index (κ1) is 11.1. The average molecular weight is 235 g/mol. The number of fused-ring (bicyclic) bond motifs is 1. The lowest BCUT2D eigenvalue weighted by molar-refractivity contribution is -0.385. The van der Waals surface area contributed by atoms with E-state index in [4.69, 9.17) is 5.11 Å². The van der Waals surface area contributed by atoms with E-state index in [1.165, 1.54) is 22.7 Å². The average Bonchev–Trinajstić information content (AvgIpc) is 2.65. The number of carbonyl (C=O) groups is 1. The molecule has 2 aromatic rings. The highest BCUT2D eigenvalue weighted by molar-refractivity contribution is 5.88. The molecule has 0 aliphatic heterocycles. The molecule has 0 aromatic carbocycles. The summed E-state index contributed by atoms with van der Waals surface area (Å²) >= 11 is 0. The molecule has 1 N–H and O–H groups in total. The largest absolute Gasteiger partial charge is 0.477 e. The number of hydrogen-bond acceptors (Lipinski definition) is 4. The second-order valence-corrected chi connectivity index (χ2v) is 3.44. The molecule has 0 amide bonds. The number of hydrogen-bond donors (Lipinski definition) is 1. The van der Waals surface area contributed by atoms with Crippen molar-refractivity contribution in [3.05, 3.63) is 39.8 Å². The molecule has 7 heteroatoms. The predicted octanol–water partition coefficient (Wildman–Crippen LogP) is 1.50. The third-order valence-corrected chi connectivity index (χ3v) is 2.42. The van der Waals surface area contributed by atoms with Gasteiger partial charge in [-0.05, 0) is 12.5 Å². The first-order valence-corrected chi connectivity index (χ1v) is 4.93. The van der Waals surface area contributed by atoms with Gasteiger partial charge in [-0.1, -0.05) is 6.92 Å². The minimum atomic E-state index is -1.14. The van der Waals surface area contributed by atoms with Gasteiger partial charge in [0, 0.05) is 6.07 Å². The Morgan fingerprint density at radius 3 is 2.82 bits per heavy atom. The van der Waals surface area contributed by atoms with Crippen LogP contribution in [0.2, 0.25) is 0 Å². The van der Waals surface area contributed by atoms with E-state index in [9.17, 15) is 14.9 Å². The Kier molecular flexibility index (Phi) is 2.51. The van der Waals surface area contributed by atoms with Crippen molar-refractivity contribution in [1.29, 1.82) is 0 Å². The second kappa shape index (κ2) is 3.85. The van der Waals surface area contributed by atoms with E-state index < -0.39 is 10.9 Å². The van der Waals surface area contributed by atoms with Gasteiger partial charge in [-0.25, -0.2) is 9.78 Å². The Morgan fingerprint density at radius 2 is 2.29 bits per heavy atom. The highest BCUT2D eigenvalue weighted by Crippen LogP contribution is 2.18. The van der Waals surface area contributed by atoms with Crippen LogP contribution in [0.25, 0.3) is 5.65 Å². The first-order valence-electron chi connectivity index (χ1n) is 4.93. The highest BCUT2D eigenvalue weighted by atomic mass is 16.6. The highest BCUT2D eigenvalue weighted by Gasteiger charge is 2.19. The molecule has 0 aliphatic carbocycles. The summed E-state index contributed by atoms with van der Waals surface area (Å²) in [5.41, 5.74) is 0.620. The van der Waals surface area contributed by atoms with Gasteiger partial charge < -0.3 is 5.11 Å². The van der Waals surface area contributed by atoms with Crippen LogP contribution >= 0.6 is 0 Å². The molecule has 0 saturated heterocycles. The van der Waals surface area contributed by atoms with Crippen molar-refractivity contribution in [3.8, 4) is 0 Å². The molecular formula is C10H9N3O4. The van der Waals surface area contributed by atoms with Crippen LogP contribution in [0.5, 0.6) is 0 Å². The number of imidazole rings is 1. The van der Waals surface area contributed by atoms with Crippen LogP contribution in [0.15, 0.2) is 18.3 Å². The molecule has 0 fully saturated rings. The fourth-order valence-corrected chi connectivity index (χ4v) is 1.66. The molecule has 88 valence electrons. The topological polar surface area (TPSA) is 97.7 Å². The quantitative estimate of drug-likeness (QED) is 0.642. The zero-order valence-corrected chi connectivity index (χ0v) is 8.95. The third-order valence-electron chi connectivity index (χ3n) is 2.42. The lowest BCUT2D eigenvalue weighted by Crippen LogP contribution is -2.05. The third kappa shape index (κ3) is 1.71. The maximum atomic E-state index is 11.1. The smallest absolute Gasteiger partial charge is 0.354 e. The molecule has 0 unspecified atom stereocenters. The van der Waals surface area contributed by atoms with Gasteiger partial charge in [-0.15, -0.1) is 0 Å². The summed E-state index contributed by atoms with van der Waals surface area (Å²) in [7, 11) is 0. The summed E-state index contributed by atoms with van der Waals surface area (Å²) in [6.45, 7) is 1.78. The summed E-state index contributed by atoms with van der Waals surface area (Å²) in [6.07, 6.45) is 1.63. The van der Waals surface area contributed by atoms with Crippen LogP contribution in [-0.4, -0.2) is 25.4 Å². The lowest BCUT2D eigenvalue weighted by atomic mass is 10.2. The van der Waals surface area contributed by atoms with Crippen LogP contribution in [0.4, 0.5) is 5.69 Å². The zero-order valence-electron chi connectivity index (χ0n) is 8.95. The summed E-state index contributed by atoms with van der Waals surface area (Å²) in [5.74, 6) is -1.14. The number of aromatic nitrogens is 2. The molecular weight excluding hydrogens is 226 g/mol. The van der Waals surface area contributed by atoms with E-state index in [-0.39, 0.29) is 11.4 Å². The fraction of sp³-hybridized carbons (Fsp3) is 0.200. The minimum absolute atomic E-state index is 0.0220. The van der Waals surface area contributed by atoms with Gasteiger partial charge in [0.1, 0.15) is 5.65 Å². The molecule has 0 bridgehead atoms. The Hall–Kier alpha value is -2.44. The maximum Gasteiger partial charge on any atom is 0.354 e. The van der Waals surface area contributed by atoms with Crippen molar-refractivity contribution in [1.82, 2.24) is 9.38 Å². The molecule has 0 atom stereocenters. The molecule has 2 aromatic heterocycles. The van der Waals surface area contributed by atoms with Gasteiger partial charge in [0.25, 0.3) is 5.69 Å². The van der Waals surface area contributed by atoms with Gasteiger partial charge in [-0.2, -0.15) is 0 Å². The molecule has 0 saturated carbocycles. The van der Waals surface area contributed by atoms with E-state index in [1.54, 1.807) is 6.92 Å². The van der Waals surface area contributed by atoms with E-state index in [2.05, 4.69) is 4.98 Å². The van der Waals surface area contributed by atoms with E-state index in [0.29, 0.717) is 17.8 Å².